The smallest absolute Gasteiger partial charge is 0.260 e. The minimum absolute atomic E-state index is 0.0216. The van der Waals surface area contributed by atoms with Gasteiger partial charge in [-0.15, -0.1) is 0 Å². The molecular weight excluding hydrogens is 438 g/mol. The Morgan fingerprint density at radius 1 is 1.06 bits per heavy atom. The number of piperazine rings is 1. The average molecular weight is 464 g/mol. The molecule has 170 valence electrons. The van der Waals surface area contributed by atoms with Gasteiger partial charge in [-0.3, -0.25) is 9.69 Å². The second-order valence-electron chi connectivity index (χ2n) is 8.36. The van der Waals surface area contributed by atoms with E-state index in [9.17, 15) is 4.79 Å². The lowest BCUT2D eigenvalue weighted by Gasteiger charge is -2.38. The first kappa shape index (κ1) is 21.7. The highest BCUT2D eigenvalue weighted by molar-refractivity contribution is 6.30. The molecule has 1 amide bonds. The summed E-state index contributed by atoms with van der Waals surface area (Å²) >= 11 is 6.05. The van der Waals surface area contributed by atoms with Gasteiger partial charge in [0.1, 0.15) is 17.6 Å². The number of hydrogen-bond acceptors (Lipinski definition) is 6. The molecule has 4 heterocycles. The highest BCUT2D eigenvalue weighted by atomic mass is 35.5. The van der Waals surface area contributed by atoms with Crippen molar-refractivity contribution in [3.8, 4) is 0 Å². The molecule has 0 bridgehead atoms. The Kier molecular flexibility index (Phi) is 6.15. The molecule has 0 N–H and O–H groups in total. The number of aromatic nitrogens is 1. The van der Waals surface area contributed by atoms with Gasteiger partial charge in [-0.25, -0.2) is 9.99 Å². The van der Waals surface area contributed by atoms with E-state index in [1.807, 2.05) is 67.7 Å². The third-order valence-electron chi connectivity index (χ3n) is 6.38. The number of rotatable bonds is 5. The average Bonchev–Trinajstić information content (AvgIpc) is 3.55. The van der Waals surface area contributed by atoms with Crippen LogP contribution in [-0.4, -0.2) is 58.7 Å². The van der Waals surface area contributed by atoms with Crippen LogP contribution >= 0.6 is 11.6 Å². The zero-order valence-corrected chi connectivity index (χ0v) is 19.2. The summed E-state index contributed by atoms with van der Waals surface area (Å²) in [6, 6.07) is 16.7. The first-order chi connectivity index (χ1) is 16.1. The van der Waals surface area contributed by atoms with E-state index in [1.54, 1.807) is 11.3 Å². The van der Waals surface area contributed by atoms with Gasteiger partial charge in [-0.05, 0) is 48.9 Å². The predicted octanol–water partition coefficient (Wildman–Crippen LogP) is 4.22. The molecule has 8 heteroatoms. The largest absolute Gasteiger partial charge is 0.467 e. The SMILES string of the molecule is C[C@H](C(=O)N1N=C(c2ccc(Cl)cc2)C[C@@H]1c1ccco1)N1CCN(c2ccccn2)CC1. The summed E-state index contributed by atoms with van der Waals surface area (Å²) in [6.45, 7) is 5.20. The fourth-order valence-corrected chi connectivity index (χ4v) is 4.59. The van der Waals surface area contributed by atoms with E-state index in [0.717, 1.165) is 49.0 Å². The van der Waals surface area contributed by atoms with Crippen LogP contribution in [0, 0.1) is 0 Å². The first-order valence-electron chi connectivity index (χ1n) is 11.2. The molecule has 2 aliphatic heterocycles. The maximum Gasteiger partial charge on any atom is 0.260 e. The van der Waals surface area contributed by atoms with Crippen molar-refractivity contribution in [1.82, 2.24) is 14.9 Å². The van der Waals surface area contributed by atoms with E-state index in [1.165, 1.54) is 0 Å². The first-order valence-corrected chi connectivity index (χ1v) is 11.6. The maximum atomic E-state index is 13.6. The van der Waals surface area contributed by atoms with E-state index in [0.29, 0.717) is 11.4 Å². The summed E-state index contributed by atoms with van der Waals surface area (Å²) in [5.41, 5.74) is 1.82. The second kappa shape index (κ2) is 9.37. The van der Waals surface area contributed by atoms with Crippen molar-refractivity contribution < 1.29 is 9.21 Å². The van der Waals surface area contributed by atoms with Gasteiger partial charge in [0.2, 0.25) is 0 Å². The monoisotopic (exact) mass is 463 g/mol. The molecule has 1 saturated heterocycles. The number of anilines is 1. The molecule has 2 aromatic heterocycles. The number of halogens is 1. The molecule has 0 aliphatic carbocycles. The van der Waals surface area contributed by atoms with Gasteiger partial charge in [0, 0.05) is 43.8 Å². The van der Waals surface area contributed by atoms with E-state index < -0.39 is 0 Å². The molecule has 33 heavy (non-hydrogen) atoms. The van der Waals surface area contributed by atoms with Crippen molar-refractivity contribution in [2.24, 2.45) is 5.10 Å². The summed E-state index contributed by atoms with van der Waals surface area (Å²) < 4.78 is 5.67. The number of carbonyl (C=O) groups excluding carboxylic acids is 1. The Morgan fingerprint density at radius 2 is 1.85 bits per heavy atom. The van der Waals surface area contributed by atoms with Crippen molar-refractivity contribution in [3.05, 3.63) is 83.4 Å². The van der Waals surface area contributed by atoms with Crippen molar-refractivity contribution in [3.63, 3.8) is 0 Å². The van der Waals surface area contributed by atoms with Crippen LogP contribution in [0.2, 0.25) is 5.02 Å². The summed E-state index contributed by atoms with van der Waals surface area (Å²) in [6.07, 6.45) is 4.05. The zero-order valence-electron chi connectivity index (χ0n) is 18.5. The van der Waals surface area contributed by atoms with Gasteiger partial charge in [0.15, 0.2) is 0 Å². The Labute approximate surface area is 198 Å². The molecule has 5 rings (SSSR count). The minimum atomic E-state index is -0.290. The van der Waals surface area contributed by atoms with Crippen molar-refractivity contribution in [2.75, 3.05) is 31.1 Å². The number of hydrogen-bond donors (Lipinski definition) is 0. The third kappa shape index (κ3) is 4.51. The van der Waals surface area contributed by atoms with Crippen molar-refractivity contribution >= 4 is 29.0 Å². The van der Waals surface area contributed by atoms with E-state index >= 15 is 0 Å². The number of carbonyl (C=O) groups is 1. The number of pyridine rings is 1. The second-order valence-corrected chi connectivity index (χ2v) is 8.80. The van der Waals surface area contributed by atoms with Gasteiger partial charge >= 0.3 is 0 Å². The highest BCUT2D eigenvalue weighted by Crippen LogP contribution is 2.34. The predicted molar refractivity (Wildman–Crippen MR) is 128 cm³/mol. The van der Waals surface area contributed by atoms with Gasteiger partial charge < -0.3 is 9.32 Å². The van der Waals surface area contributed by atoms with Gasteiger partial charge in [-0.2, -0.15) is 5.10 Å². The van der Waals surface area contributed by atoms with Crippen LogP contribution in [0.1, 0.15) is 30.7 Å². The van der Waals surface area contributed by atoms with Gasteiger partial charge in [0.25, 0.3) is 5.91 Å². The number of hydrazone groups is 1. The molecule has 1 aromatic carbocycles. The normalized spacial score (nSPS) is 20.1. The summed E-state index contributed by atoms with van der Waals surface area (Å²) in [5.74, 6) is 1.70. The number of benzene rings is 1. The lowest BCUT2D eigenvalue weighted by molar-refractivity contribution is -0.138. The van der Waals surface area contributed by atoms with Gasteiger partial charge in [0.05, 0.1) is 18.0 Å². The highest BCUT2D eigenvalue weighted by Gasteiger charge is 2.38. The molecule has 7 nitrogen and oxygen atoms in total. The molecule has 1 fully saturated rings. The summed E-state index contributed by atoms with van der Waals surface area (Å²) in [4.78, 5) is 22.5. The molecule has 0 radical (unpaired) electrons. The number of amides is 1. The molecular formula is C25H26ClN5O2. The van der Waals surface area contributed by atoms with E-state index in [-0.39, 0.29) is 18.0 Å². The standard InChI is InChI=1S/C25H26ClN5O2/c1-18(29-12-14-30(15-13-29)24-6-2-3-11-27-24)25(32)31-22(23-5-4-16-33-23)17-21(28-31)19-7-9-20(26)10-8-19/h2-11,16,18,22H,12-15,17H2,1H3/t18-,22-/m1/s1. The number of nitrogens with zero attached hydrogens (tertiary/aromatic N) is 5. The Balaban J connectivity index is 1.32. The quantitative estimate of drug-likeness (QED) is 0.567. The zero-order chi connectivity index (χ0) is 22.8. The Bertz CT molecular complexity index is 1110. The van der Waals surface area contributed by atoms with E-state index in [4.69, 9.17) is 21.1 Å². The van der Waals surface area contributed by atoms with Crippen LogP contribution in [0.3, 0.4) is 0 Å². The van der Waals surface area contributed by atoms with Crippen LogP contribution in [0.4, 0.5) is 5.82 Å². The topological polar surface area (TPSA) is 65.2 Å². The van der Waals surface area contributed by atoms with Crippen molar-refractivity contribution in [2.45, 2.75) is 25.4 Å². The third-order valence-corrected chi connectivity index (χ3v) is 6.63. The Morgan fingerprint density at radius 3 is 2.52 bits per heavy atom. The van der Waals surface area contributed by atoms with Crippen LogP contribution in [-0.2, 0) is 4.79 Å². The van der Waals surface area contributed by atoms with Gasteiger partial charge in [-0.1, -0.05) is 29.8 Å². The van der Waals surface area contributed by atoms with Crippen LogP contribution in [0.5, 0.6) is 0 Å². The fraction of sp³-hybridized carbons (Fsp3) is 0.320. The molecule has 2 aliphatic rings. The Hall–Kier alpha value is -3.16. The van der Waals surface area contributed by atoms with Crippen molar-refractivity contribution in [1.29, 1.82) is 0 Å². The lowest BCUT2D eigenvalue weighted by atomic mass is 10.0. The van der Waals surface area contributed by atoms with E-state index in [2.05, 4.69) is 14.8 Å². The molecule has 0 spiro atoms. The fourth-order valence-electron chi connectivity index (χ4n) is 4.46. The molecule has 0 unspecified atom stereocenters. The molecule has 0 saturated carbocycles. The lowest BCUT2D eigenvalue weighted by Crippen LogP contribution is -2.54. The summed E-state index contributed by atoms with van der Waals surface area (Å²) in [5, 5.41) is 7.04. The molecule has 2 atom stereocenters. The summed E-state index contributed by atoms with van der Waals surface area (Å²) in [7, 11) is 0. The molecule has 3 aromatic rings. The van der Waals surface area contributed by atoms with Crippen LogP contribution < -0.4 is 4.90 Å². The number of furan rings is 1. The van der Waals surface area contributed by atoms with Crippen LogP contribution in [0.25, 0.3) is 0 Å². The minimum Gasteiger partial charge on any atom is -0.467 e. The maximum absolute atomic E-state index is 13.6. The van der Waals surface area contributed by atoms with Crippen LogP contribution in [0.15, 0.2) is 76.6 Å².